The van der Waals surface area contributed by atoms with Crippen LogP contribution in [-0.4, -0.2) is 59.4 Å². The number of nitrogens with zero attached hydrogens (tertiary/aromatic N) is 1. The fraction of sp³-hybridized carbons (Fsp3) is 0.400. The van der Waals surface area contributed by atoms with Crippen molar-refractivity contribution < 1.29 is 37.4 Å². The number of halogens is 3. The number of benzene rings is 2. The number of aliphatic carboxylic acids is 1. The minimum atomic E-state index is -4.77. The van der Waals surface area contributed by atoms with Crippen LogP contribution in [0, 0.1) is 0 Å². The van der Waals surface area contributed by atoms with E-state index < -0.39 is 42.1 Å². The number of rotatable bonds is 7. The van der Waals surface area contributed by atoms with Gasteiger partial charge < -0.3 is 20.1 Å². The molecule has 2 aliphatic rings. The number of alkyl halides is 3. The summed E-state index contributed by atoms with van der Waals surface area (Å²) < 4.78 is 44.9. The molecule has 2 aliphatic carbocycles. The maximum atomic E-state index is 13.2. The molecule has 0 radical (unpaired) electrons. The zero-order valence-corrected chi connectivity index (χ0v) is 19.0. The van der Waals surface area contributed by atoms with Crippen LogP contribution in [0.25, 0.3) is 11.1 Å². The lowest BCUT2D eigenvalue weighted by molar-refractivity contribution is -0.169. The summed E-state index contributed by atoms with van der Waals surface area (Å²) in [5, 5.41) is 11.6. The summed E-state index contributed by atoms with van der Waals surface area (Å²) in [6.07, 6.45) is -6.79. The predicted octanol–water partition coefficient (Wildman–Crippen LogP) is 4.31. The molecular formula is C25H25F3N2O5. The number of ether oxygens (including phenoxy) is 1. The first kappa shape index (κ1) is 24.6. The van der Waals surface area contributed by atoms with E-state index in [4.69, 9.17) is 4.74 Å². The van der Waals surface area contributed by atoms with Gasteiger partial charge in [0.1, 0.15) is 18.2 Å². The van der Waals surface area contributed by atoms with E-state index in [1.54, 1.807) is 0 Å². The number of hydrogen-bond donors (Lipinski definition) is 2. The lowest BCUT2D eigenvalue weighted by atomic mass is 9.75. The minimum Gasteiger partial charge on any atom is -0.479 e. The molecule has 10 heteroatoms. The van der Waals surface area contributed by atoms with E-state index >= 15 is 0 Å². The van der Waals surface area contributed by atoms with Crippen molar-refractivity contribution in [2.24, 2.45) is 0 Å². The molecule has 1 fully saturated rings. The number of likely N-dealkylation sites (N-methyl/N-ethyl adjacent to an activating group) is 1. The fourth-order valence-corrected chi connectivity index (χ4v) is 4.86. The average molecular weight is 490 g/mol. The van der Waals surface area contributed by atoms with Gasteiger partial charge in [-0.05, 0) is 41.5 Å². The smallest absolute Gasteiger partial charge is 0.407 e. The highest BCUT2D eigenvalue weighted by Gasteiger charge is 2.52. The molecule has 1 saturated carbocycles. The lowest BCUT2D eigenvalue weighted by Crippen LogP contribution is -2.63. The van der Waals surface area contributed by atoms with E-state index in [0.717, 1.165) is 34.2 Å². The van der Waals surface area contributed by atoms with Crippen LogP contribution in [0.5, 0.6) is 0 Å². The summed E-state index contributed by atoms with van der Waals surface area (Å²) in [6, 6.07) is 13.2. The SMILES string of the molecule is CN(C(=O)C(CC(F)(F)F)NC(=O)OCC1c2ccccc2-c2ccccc21)C1(C(=O)O)CCC1. The summed E-state index contributed by atoms with van der Waals surface area (Å²) >= 11 is 0. The zero-order chi connectivity index (χ0) is 25.4. The molecular weight excluding hydrogens is 465 g/mol. The summed E-state index contributed by atoms with van der Waals surface area (Å²) in [5.74, 6) is -2.72. The Labute approximate surface area is 199 Å². The van der Waals surface area contributed by atoms with Crippen LogP contribution < -0.4 is 5.32 Å². The Balaban J connectivity index is 1.47. The Morgan fingerprint density at radius 2 is 1.63 bits per heavy atom. The summed E-state index contributed by atoms with van der Waals surface area (Å²) in [5.41, 5.74) is 2.27. The molecule has 0 spiro atoms. The number of carboxylic acids is 1. The third-order valence-electron chi connectivity index (χ3n) is 6.92. The molecule has 0 aromatic heterocycles. The molecule has 0 saturated heterocycles. The van der Waals surface area contributed by atoms with E-state index in [-0.39, 0.29) is 25.4 Å². The van der Waals surface area contributed by atoms with Crippen molar-refractivity contribution in [3.8, 4) is 11.1 Å². The van der Waals surface area contributed by atoms with Crippen molar-refractivity contribution in [2.75, 3.05) is 13.7 Å². The maximum absolute atomic E-state index is 13.2. The van der Waals surface area contributed by atoms with Crippen LogP contribution in [0.2, 0.25) is 0 Å². The fourth-order valence-electron chi connectivity index (χ4n) is 4.86. The first-order valence-corrected chi connectivity index (χ1v) is 11.2. The number of hydrogen-bond acceptors (Lipinski definition) is 4. The molecule has 0 heterocycles. The highest BCUT2D eigenvalue weighted by molar-refractivity contribution is 5.92. The van der Waals surface area contributed by atoms with Crippen LogP contribution in [0.1, 0.15) is 42.7 Å². The van der Waals surface area contributed by atoms with Crippen molar-refractivity contribution in [3.63, 3.8) is 0 Å². The van der Waals surface area contributed by atoms with Crippen LogP contribution in [0.4, 0.5) is 18.0 Å². The molecule has 0 aliphatic heterocycles. The Morgan fingerprint density at radius 3 is 2.09 bits per heavy atom. The minimum absolute atomic E-state index is 0.133. The molecule has 35 heavy (non-hydrogen) atoms. The lowest BCUT2D eigenvalue weighted by Gasteiger charge is -2.45. The maximum Gasteiger partial charge on any atom is 0.407 e. The monoisotopic (exact) mass is 490 g/mol. The van der Waals surface area contributed by atoms with Crippen LogP contribution >= 0.6 is 0 Å². The van der Waals surface area contributed by atoms with Crippen molar-refractivity contribution in [1.82, 2.24) is 10.2 Å². The Hall–Kier alpha value is -3.56. The second-order valence-corrected chi connectivity index (χ2v) is 8.93. The van der Waals surface area contributed by atoms with Crippen molar-refractivity contribution in [1.29, 1.82) is 0 Å². The van der Waals surface area contributed by atoms with Gasteiger partial charge in [0.25, 0.3) is 0 Å². The standard InChI is InChI=1S/C25H25F3N2O5/c1-30(24(22(32)33)11-6-12-24)21(31)20(13-25(26,27)28)29-23(34)35-14-19-17-9-4-2-7-15(17)16-8-3-5-10-18(16)19/h2-5,7-10,19-20H,6,11-14H2,1H3,(H,29,34)(H,32,33). The summed E-state index contributed by atoms with van der Waals surface area (Å²) in [4.78, 5) is 37.9. The van der Waals surface area contributed by atoms with Crippen LogP contribution in [-0.2, 0) is 14.3 Å². The Morgan fingerprint density at radius 1 is 1.09 bits per heavy atom. The van der Waals surface area contributed by atoms with Gasteiger partial charge in [-0.25, -0.2) is 9.59 Å². The van der Waals surface area contributed by atoms with E-state index in [1.807, 2.05) is 53.8 Å². The predicted molar refractivity (Wildman–Crippen MR) is 120 cm³/mol. The third-order valence-corrected chi connectivity index (χ3v) is 6.92. The Bertz CT molecular complexity index is 1100. The van der Waals surface area contributed by atoms with Crippen molar-refractivity contribution in [2.45, 2.75) is 49.4 Å². The van der Waals surface area contributed by atoms with Crippen molar-refractivity contribution >= 4 is 18.0 Å². The van der Waals surface area contributed by atoms with E-state index in [0.29, 0.717) is 6.42 Å². The molecule has 2 amide bonds. The normalized spacial score (nSPS) is 16.9. The largest absolute Gasteiger partial charge is 0.479 e. The third kappa shape index (κ3) is 4.69. The topological polar surface area (TPSA) is 95.9 Å². The van der Waals surface area contributed by atoms with Gasteiger partial charge in [-0.15, -0.1) is 0 Å². The first-order valence-electron chi connectivity index (χ1n) is 11.2. The molecule has 1 unspecified atom stereocenters. The number of amides is 2. The number of fused-ring (bicyclic) bond motifs is 3. The Kier molecular flexibility index (Phi) is 6.48. The number of carbonyl (C=O) groups is 3. The van der Waals surface area contributed by atoms with Crippen LogP contribution in [0.15, 0.2) is 48.5 Å². The van der Waals surface area contributed by atoms with Gasteiger partial charge in [-0.3, -0.25) is 4.79 Å². The molecule has 7 nitrogen and oxygen atoms in total. The van der Waals surface area contributed by atoms with Gasteiger partial charge in [-0.1, -0.05) is 48.5 Å². The second kappa shape index (κ2) is 9.24. The molecule has 2 aromatic rings. The van der Waals surface area contributed by atoms with Gasteiger partial charge >= 0.3 is 18.2 Å². The van der Waals surface area contributed by atoms with Crippen molar-refractivity contribution in [3.05, 3.63) is 59.7 Å². The average Bonchev–Trinajstić information content (AvgIpc) is 3.08. The van der Waals surface area contributed by atoms with E-state index in [2.05, 4.69) is 0 Å². The number of carbonyl (C=O) groups excluding carboxylic acids is 2. The summed E-state index contributed by atoms with van der Waals surface area (Å²) in [6.45, 7) is -0.137. The van der Waals surface area contributed by atoms with Gasteiger partial charge in [0.05, 0.1) is 6.42 Å². The second-order valence-electron chi connectivity index (χ2n) is 8.93. The highest BCUT2D eigenvalue weighted by Crippen LogP contribution is 2.44. The molecule has 2 aromatic carbocycles. The number of nitrogens with one attached hydrogen (secondary N) is 1. The van der Waals surface area contributed by atoms with Crippen LogP contribution in [0.3, 0.4) is 0 Å². The number of alkyl carbamates (subject to hydrolysis) is 1. The highest BCUT2D eigenvalue weighted by atomic mass is 19.4. The van der Waals surface area contributed by atoms with E-state index in [9.17, 15) is 32.7 Å². The van der Waals surface area contributed by atoms with Gasteiger partial charge in [-0.2, -0.15) is 13.2 Å². The molecule has 4 rings (SSSR count). The quantitative estimate of drug-likeness (QED) is 0.603. The molecule has 186 valence electrons. The number of carboxylic acid groups (broad SMARTS) is 1. The molecule has 1 atom stereocenters. The van der Waals surface area contributed by atoms with E-state index in [1.165, 1.54) is 0 Å². The van der Waals surface area contributed by atoms with Gasteiger partial charge in [0.2, 0.25) is 5.91 Å². The molecule has 0 bridgehead atoms. The zero-order valence-electron chi connectivity index (χ0n) is 19.0. The van der Waals surface area contributed by atoms with Gasteiger partial charge in [0.15, 0.2) is 0 Å². The first-order chi connectivity index (χ1) is 16.5. The summed E-state index contributed by atoms with van der Waals surface area (Å²) in [7, 11) is 1.15. The van der Waals surface area contributed by atoms with Gasteiger partial charge in [0, 0.05) is 13.0 Å². The molecule has 2 N–H and O–H groups in total.